The molecule has 0 N–H and O–H groups in total. The van der Waals surface area contributed by atoms with Crippen LogP contribution in [0.1, 0.15) is 55.4 Å². The molecule has 0 rings (SSSR count). The third kappa shape index (κ3) is 4.97. The first kappa shape index (κ1) is 13.9. The summed E-state index contributed by atoms with van der Waals surface area (Å²) in [6.45, 7) is 17.6. The molecule has 0 heterocycles. The molecular formula is C12H26O2. The zero-order chi connectivity index (χ0) is 11.6. The number of hydrogen-bond acceptors (Lipinski definition) is 2. The maximum absolute atomic E-state index is 5.29. The summed E-state index contributed by atoms with van der Waals surface area (Å²) < 4.78 is 0. The van der Waals surface area contributed by atoms with Gasteiger partial charge in [-0.1, -0.05) is 34.6 Å². The molecule has 0 aliphatic carbocycles. The summed E-state index contributed by atoms with van der Waals surface area (Å²) >= 11 is 0. The van der Waals surface area contributed by atoms with E-state index in [2.05, 4.69) is 34.6 Å². The Hall–Kier alpha value is -0.0800. The topological polar surface area (TPSA) is 18.5 Å². The smallest absolute Gasteiger partial charge is 0.0952 e. The molecule has 0 amide bonds. The van der Waals surface area contributed by atoms with E-state index in [0.29, 0.717) is 6.61 Å². The predicted molar refractivity (Wildman–Crippen MR) is 60.0 cm³/mol. The maximum Gasteiger partial charge on any atom is 0.0952 e. The van der Waals surface area contributed by atoms with Gasteiger partial charge < -0.3 is 0 Å². The molecular weight excluding hydrogens is 176 g/mol. The van der Waals surface area contributed by atoms with E-state index in [9.17, 15) is 0 Å². The van der Waals surface area contributed by atoms with Crippen LogP contribution in [0.2, 0.25) is 0 Å². The van der Waals surface area contributed by atoms with E-state index in [1.54, 1.807) is 0 Å². The van der Waals surface area contributed by atoms with Crippen LogP contribution in [-0.2, 0) is 9.78 Å². The molecule has 2 nitrogen and oxygen atoms in total. The molecule has 0 saturated carbocycles. The zero-order valence-electron chi connectivity index (χ0n) is 11.0. The lowest BCUT2D eigenvalue weighted by atomic mass is 9.70. The Kier molecular flexibility index (Phi) is 4.17. The Labute approximate surface area is 88.9 Å². The van der Waals surface area contributed by atoms with E-state index in [4.69, 9.17) is 9.78 Å². The van der Waals surface area contributed by atoms with Crippen LogP contribution in [0.3, 0.4) is 0 Å². The van der Waals surface area contributed by atoms with E-state index < -0.39 is 0 Å². The van der Waals surface area contributed by atoms with Crippen LogP contribution >= 0.6 is 0 Å². The highest BCUT2D eigenvalue weighted by atomic mass is 17.2. The fraction of sp³-hybridized carbons (Fsp3) is 1.00. The van der Waals surface area contributed by atoms with Crippen molar-refractivity contribution in [3.63, 3.8) is 0 Å². The van der Waals surface area contributed by atoms with Gasteiger partial charge in [-0.3, -0.25) is 0 Å². The molecule has 86 valence electrons. The average Bonchev–Trinajstić information content (AvgIpc) is 1.80. The number of hydrogen-bond donors (Lipinski definition) is 0. The van der Waals surface area contributed by atoms with Crippen molar-refractivity contribution in [2.24, 2.45) is 10.8 Å². The average molecular weight is 202 g/mol. The lowest BCUT2D eigenvalue weighted by molar-refractivity contribution is -0.362. The van der Waals surface area contributed by atoms with Crippen LogP contribution in [0.15, 0.2) is 0 Å². The van der Waals surface area contributed by atoms with Gasteiger partial charge in [0.2, 0.25) is 0 Å². The molecule has 0 aromatic carbocycles. The van der Waals surface area contributed by atoms with E-state index in [1.165, 1.54) is 0 Å². The van der Waals surface area contributed by atoms with Gasteiger partial charge in [-0.05, 0) is 31.6 Å². The summed E-state index contributed by atoms with van der Waals surface area (Å²) in [6.07, 6.45) is 0. The summed E-state index contributed by atoms with van der Waals surface area (Å²) in [7, 11) is 0. The van der Waals surface area contributed by atoms with Crippen molar-refractivity contribution in [2.45, 2.75) is 61.0 Å². The Balaban J connectivity index is 4.02. The fourth-order valence-corrected chi connectivity index (χ4v) is 0.570. The second-order valence-corrected chi connectivity index (χ2v) is 6.59. The van der Waals surface area contributed by atoms with Crippen molar-refractivity contribution >= 4 is 0 Å². The quantitative estimate of drug-likeness (QED) is 0.512. The monoisotopic (exact) mass is 202 g/mol. The van der Waals surface area contributed by atoms with Crippen molar-refractivity contribution in [3.05, 3.63) is 0 Å². The predicted octanol–water partition coefficient (Wildman–Crippen LogP) is 3.81. The standard InChI is InChI=1S/C12H26O2/c1-10(2,3)12(7,8)9-13-14-11(4,5)6/h9H2,1-8H3. The molecule has 0 saturated heterocycles. The van der Waals surface area contributed by atoms with Gasteiger partial charge in [0, 0.05) is 0 Å². The molecule has 0 aliphatic rings. The van der Waals surface area contributed by atoms with E-state index in [-0.39, 0.29) is 16.4 Å². The van der Waals surface area contributed by atoms with Crippen LogP contribution < -0.4 is 0 Å². The van der Waals surface area contributed by atoms with Crippen LogP contribution in [-0.4, -0.2) is 12.2 Å². The summed E-state index contributed by atoms with van der Waals surface area (Å²) in [5.41, 5.74) is 0.0977. The van der Waals surface area contributed by atoms with Gasteiger partial charge in [-0.15, -0.1) is 0 Å². The summed E-state index contributed by atoms with van der Waals surface area (Å²) in [4.78, 5) is 10.5. The highest BCUT2D eigenvalue weighted by Gasteiger charge is 2.33. The molecule has 0 bridgehead atoms. The zero-order valence-corrected chi connectivity index (χ0v) is 11.0. The molecule has 0 spiro atoms. The van der Waals surface area contributed by atoms with Crippen molar-refractivity contribution < 1.29 is 9.78 Å². The molecule has 0 aliphatic heterocycles. The van der Waals surface area contributed by atoms with Crippen LogP contribution in [0, 0.1) is 10.8 Å². The molecule has 0 atom stereocenters. The Morgan fingerprint density at radius 3 is 1.50 bits per heavy atom. The Morgan fingerprint density at radius 2 is 1.21 bits per heavy atom. The molecule has 2 heteroatoms. The second kappa shape index (κ2) is 4.19. The first-order chi connectivity index (χ1) is 5.96. The Bertz CT molecular complexity index is 170. The van der Waals surface area contributed by atoms with E-state index in [0.717, 1.165) is 0 Å². The van der Waals surface area contributed by atoms with Gasteiger partial charge in [0.25, 0.3) is 0 Å². The minimum atomic E-state index is -0.228. The summed E-state index contributed by atoms with van der Waals surface area (Å²) in [6, 6.07) is 0. The third-order valence-corrected chi connectivity index (χ3v) is 2.76. The SMILES string of the molecule is CC(C)(C)OOCC(C)(C)C(C)(C)C. The minimum absolute atomic E-state index is 0.109. The fourth-order valence-electron chi connectivity index (χ4n) is 0.570. The van der Waals surface area contributed by atoms with Gasteiger partial charge in [0.15, 0.2) is 0 Å². The maximum atomic E-state index is 5.29. The molecule has 0 aromatic rings. The van der Waals surface area contributed by atoms with Crippen molar-refractivity contribution in [1.82, 2.24) is 0 Å². The number of rotatable bonds is 3. The van der Waals surface area contributed by atoms with Gasteiger partial charge in [0.05, 0.1) is 12.2 Å². The molecule has 0 fully saturated rings. The lowest BCUT2D eigenvalue weighted by Gasteiger charge is -2.38. The van der Waals surface area contributed by atoms with E-state index in [1.807, 2.05) is 20.8 Å². The molecule has 14 heavy (non-hydrogen) atoms. The van der Waals surface area contributed by atoms with Crippen LogP contribution in [0.25, 0.3) is 0 Å². The molecule has 0 aromatic heterocycles. The Morgan fingerprint density at radius 1 is 0.786 bits per heavy atom. The van der Waals surface area contributed by atoms with Crippen molar-refractivity contribution in [2.75, 3.05) is 6.61 Å². The van der Waals surface area contributed by atoms with Gasteiger partial charge >= 0.3 is 0 Å². The minimum Gasteiger partial charge on any atom is -0.236 e. The van der Waals surface area contributed by atoms with Crippen molar-refractivity contribution in [3.8, 4) is 0 Å². The van der Waals surface area contributed by atoms with Gasteiger partial charge in [-0.25, -0.2) is 9.78 Å². The first-order valence-electron chi connectivity index (χ1n) is 5.26. The van der Waals surface area contributed by atoms with Gasteiger partial charge in [0.1, 0.15) is 0 Å². The van der Waals surface area contributed by atoms with Crippen LogP contribution in [0.5, 0.6) is 0 Å². The highest BCUT2D eigenvalue weighted by molar-refractivity contribution is 4.81. The summed E-state index contributed by atoms with van der Waals surface area (Å²) in [5, 5.41) is 0. The van der Waals surface area contributed by atoms with Crippen molar-refractivity contribution in [1.29, 1.82) is 0 Å². The second-order valence-electron chi connectivity index (χ2n) is 6.59. The largest absolute Gasteiger partial charge is 0.236 e. The molecule has 0 radical (unpaired) electrons. The normalized spacial score (nSPS) is 14.6. The van der Waals surface area contributed by atoms with Crippen LogP contribution in [0.4, 0.5) is 0 Å². The highest BCUT2D eigenvalue weighted by Crippen LogP contribution is 2.38. The third-order valence-electron chi connectivity index (χ3n) is 2.76. The summed E-state index contributed by atoms with van der Waals surface area (Å²) in [5.74, 6) is 0. The lowest BCUT2D eigenvalue weighted by Crippen LogP contribution is -2.35. The van der Waals surface area contributed by atoms with Gasteiger partial charge in [-0.2, -0.15) is 0 Å². The first-order valence-corrected chi connectivity index (χ1v) is 5.26. The molecule has 0 unspecified atom stereocenters. The van der Waals surface area contributed by atoms with E-state index >= 15 is 0 Å².